The maximum atomic E-state index is 13.6. The van der Waals surface area contributed by atoms with Crippen LogP contribution in [0.1, 0.15) is 28.6 Å². The monoisotopic (exact) mass is 423 g/mol. The van der Waals surface area contributed by atoms with E-state index in [1.54, 1.807) is 29.4 Å². The number of urea groups is 1. The Bertz CT molecular complexity index is 1200. The number of furan rings is 1. The number of rotatable bonds is 3. The predicted molar refractivity (Wildman–Crippen MR) is 113 cm³/mol. The minimum absolute atomic E-state index is 0.205. The van der Waals surface area contributed by atoms with Crippen LogP contribution in [0.5, 0.6) is 0 Å². The van der Waals surface area contributed by atoms with E-state index < -0.39 is 0 Å². The van der Waals surface area contributed by atoms with E-state index in [0.29, 0.717) is 30.3 Å². The van der Waals surface area contributed by atoms with Crippen LogP contribution in [0, 0.1) is 5.82 Å². The third kappa shape index (κ3) is 3.33. The van der Waals surface area contributed by atoms with Crippen molar-refractivity contribution in [1.29, 1.82) is 0 Å². The molecule has 0 spiro atoms. The lowest BCUT2D eigenvalue weighted by Crippen LogP contribution is -2.45. The normalized spacial score (nSPS) is 15.9. The van der Waals surface area contributed by atoms with Crippen LogP contribution >= 0.6 is 11.6 Å². The highest BCUT2D eigenvalue weighted by atomic mass is 35.5. The Labute approximate surface area is 177 Å². The van der Waals surface area contributed by atoms with Gasteiger partial charge >= 0.3 is 6.03 Å². The Morgan fingerprint density at radius 1 is 1.23 bits per heavy atom. The van der Waals surface area contributed by atoms with Crippen LogP contribution in [0.4, 0.5) is 9.18 Å². The zero-order valence-corrected chi connectivity index (χ0v) is 16.7. The predicted octanol–water partition coefficient (Wildman–Crippen LogP) is 5.41. The fourth-order valence-corrected chi connectivity index (χ4v) is 4.32. The number of carbonyl (C=O) groups is 1. The highest BCUT2D eigenvalue weighted by Crippen LogP contribution is 2.39. The minimum Gasteiger partial charge on any atom is -0.467 e. The second kappa shape index (κ2) is 7.54. The Hall–Kier alpha value is -3.25. The van der Waals surface area contributed by atoms with Crippen molar-refractivity contribution in [1.82, 2.24) is 15.2 Å². The summed E-state index contributed by atoms with van der Waals surface area (Å²) in [5.74, 6) is 0.367. The third-order valence-electron chi connectivity index (χ3n) is 5.53. The lowest BCUT2D eigenvalue weighted by atomic mass is 9.92. The van der Waals surface area contributed by atoms with Gasteiger partial charge in [0.2, 0.25) is 0 Å². The van der Waals surface area contributed by atoms with Crippen LogP contribution in [0.3, 0.4) is 0 Å². The summed E-state index contributed by atoms with van der Waals surface area (Å²) in [5.41, 5.74) is 3.87. The van der Waals surface area contributed by atoms with E-state index in [9.17, 15) is 9.18 Å². The molecule has 0 saturated heterocycles. The highest BCUT2D eigenvalue weighted by Gasteiger charge is 2.34. The fraction of sp³-hybridized carbons (Fsp3) is 0.174. The van der Waals surface area contributed by atoms with Gasteiger partial charge in [-0.05, 0) is 60.0 Å². The van der Waals surface area contributed by atoms with Gasteiger partial charge in [0.05, 0.1) is 18.8 Å². The molecule has 0 aliphatic carbocycles. The van der Waals surface area contributed by atoms with Gasteiger partial charge in [0.25, 0.3) is 0 Å². The van der Waals surface area contributed by atoms with Gasteiger partial charge in [-0.15, -0.1) is 0 Å². The third-order valence-corrected chi connectivity index (χ3v) is 5.76. The summed E-state index contributed by atoms with van der Waals surface area (Å²) in [5, 5.41) is 4.65. The van der Waals surface area contributed by atoms with Gasteiger partial charge in [-0.3, -0.25) is 0 Å². The average Bonchev–Trinajstić information content (AvgIpc) is 3.39. The standard InChI is InChI=1S/C23H19ClFN3O2/c24-15-5-8-20-19(12-15)18-9-10-28(23(29)26-13-17-2-1-11-30-17)22(21(18)27-20)14-3-6-16(25)7-4-14/h1-8,11-12,22,27H,9-10,13H2,(H,26,29). The summed E-state index contributed by atoms with van der Waals surface area (Å²) in [6.07, 6.45) is 2.27. The van der Waals surface area contributed by atoms with Crippen LogP contribution in [-0.4, -0.2) is 22.5 Å². The quantitative estimate of drug-likeness (QED) is 0.462. The second-order valence-electron chi connectivity index (χ2n) is 7.34. The van der Waals surface area contributed by atoms with Gasteiger partial charge in [0, 0.05) is 28.2 Å². The molecule has 5 nitrogen and oxygen atoms in total. The number of fused-ring (bicyclic) bond motifs is 3. The minimum atomic E-state index is -0.364. The summed E-state index contributed by atoms with van der Waals surface area (Å²) in [4.78, 5) is 18.3. The molecule has 2 aromatic heterocycles. The molecule has 0 fully saturated rings. The summed E-state index contributed by atoms with van der Waals surface area (Å²) < 4.78 is 18.9. The van der Waals surface area contributed by atoms with Crippen molar-refractivity contribution in [3.8, 4) is 0 Å². The van der Waals surface area contributed by atoms with E-state index in [4.69, 9.17) is 16.0 Å². The van der Waals surface area contributed by atoms with E-state index in [1.165, 1.54) is 12.1 Å². The Kier molecular flexibility index (Phi) is 4.71. The first-order chi connectivity index (χ1) is 14.6. The number of nitrogens with zero attached hydrogens (tertiary/aromatic N) is 1. The van der Waals surface area contributed by atoms with E-state index >= 15 is 0 Å². The smallest absolute Gasteiger partial charge is 0.318 e. The molecule has 0 bridgehead atoms. The number of amides is 2. The molecular formula is C23H19ClFN3O2. The SMILES string of the molecule is O=C(NCc1ccco1)N1CCc2c([nH]c3ccc(Cl)cc23)C1c1ccc(F)cc1. The lowest BCUT2D eigenvalue weighted by Gasteiger charge is -2.36. The summed E-state index contributed by atoms with van der Waals surface area (Å²) in [7, 11) is 0. The summed E-state index contributed by atoms with van der Waals surface area (Å²) in [6, 6.07) is 15.0. The van der Waals surface area contributed by atoms with Crippen molar-refractivity contribution < 1.29 is 13.6 Å². The Morgan fingerprint density at radius 2 is 2.07 bits per heavy atom. The number of nitrogens with one attached hydrogen (secondary N) is 2. The van der Waals surface area contributed by atoms with Gasteiger partial charge in [0.1, 0.15) is 11.6 Å². The lowest BCUT2D eigenvalue weighted by molar-refractivity contribution is 0.178. The molecule has 0 radical (unpaired) electrons. The Morgan fingerprint density at radius 3 is 2.83 bits per heavy atom. The van der Waals surface area contributed by atoms with Gasteiger partial charge in [-0.25, -0.2) is 9.18 Å². The zero-order valence-electron chi connectivity index (χ0n) is 16.0. The first-order valence-corrected chi connectivity index (χ1v) is 10.1. The largest absolute Gasteiger partial charge is 0.467 e. The number of hydrogen-bond donors (Lipinski definition) is 2. The van der Waals surface area contributed by atoms with Gasteiger partial charge in [-0.2, -0.15) is 0 Å². The van der Waals surface area contributed by atoms with E-state index in [0.717, 1.165) is 27.7 Å². The molecule has 0 saturated carbocycles. The van der Waals surface area contributed by atoms with E-state index in [2.05, 4.69) is 10.3 Å². The molecule has 152 valence electrons. The number of hydrogen-bond acceptors (Lipinski definition) is 2. The fourth-order valence-electron chi connectivity index (χ4n) is 4.15. The maximum absolute atomic E-state index is 13.6. The van der Waals surface area contributed by atoms with Crippen molar-refractivity contribution in [2.75, 3.05) is 6.54 Å². The number of carbonyl (C=O) groups excluding carboxylic acids is 1. The number of benzene rings is 2. The second-order valence-corrected chi connectivity index (χ2v) is 7.78. The zero-order chi connectivity index (χ0) is 20.7. The topological polar surface area (TPSA) is 61.3 Å². The molecule has 2 N–H and O–H groups in total. The van der Waals surface area contributed by atoms with Crippen molar-refractivity contribution in [2.45, 2.75) is 19.0 Å². The van der Waals surface area contributed by atoms with Crippen LogP contribution in [0.15, 0.2) is 65.3 Å². The molecule has 1 atom stereocenters. The van der Waals surface area contributed by atoms with Crippen LogP contribution in [-0.2, 0) is 13.0 Å². The van der Waals surface area contributed by atoms with Crippen LogP contribution in [0.2, 0.25) is 5.02 Å². The molecule has 5 rings (SSSR count). The molecule has 4 aromatic rings. The van der Waals surface area contributed by atoms with Crippen LogP contribution in [0.25, 0.3) is 10.9 Å². The van der Waals surface area contributed by atoms with Crippen molar-refractivity contribution in [2.24, 2.45) is 0 Å². The molecule has 1 aliphatic rings. The maximum Gasteiger partial charge on any atom is 0.318 e. The molecule has 1 unspecified atom stereocenters. The van der Waals surface area contributed by atoms with Crippen molar-refractivity contribution in [3.63, 3.8) is 0 Å². The molecule has 3 heterocycles. The van der Waals surface area contributed by atoms with Gasteiger partial charge in [0.15, 0.2) is 0 Å². The number of aromatic nitrogens is 1. The van der Waals surface area contributed by atoms with Gasteiger partial charge in [-0.1, -0.05) is 23.7 Å². The molecule has 2 amide bonds. The van der Waals surface area contributed by atoms with Gasteiger partial charge < -0.3 is 19.6 Å². The molecular weight excluding hydrogens is 405 g/mol. The number of aromatic amines is 1. The van der Waals surface area contributed by atoms with Crippen molar-refractivity contribution in [3.05, 3.63) is 94.3 Å². The van der Waals surface area contributed by atoms with Crippen LogP contribution < -0.4 is 5.32 Å². The Balaban J connectivity index is 1.54. The van der Waals surface area contributed by atoms with Crippen molar-refractivity contribution >= 4 is 28.5 Å². The average molecular weight is 424 g/mol. The molecule has 1 aliphatic heterocycles. The number of H-pyrrole nitrogens is 1. The molecule has 30 heavy (non-hydrogen) atoms. The first kappa shape index (κ1) is 18.8. The summed E-state index contributed by atoms with van der Waals surface area (Å²) in [6.45, 7) is 0.826. The number of halogens is 2. The molecule has 2 aromatic carbocycles. The highest BCUT2D eigenvalue weighted by molar-refractivity contribution is 6.31. The molecule has 7 heteroatoms. The van der Waals surface area contributed by atoms with E-state index in [1.807, 2.05) is 24.3 Å². The first-order valence-electron chi connectivity index (χ1n) is 9.72. The van der Waals surface area contributed by atoms with E-state index in [-0.39, 0.29) is 17.9 Å². The summed E-state index contributed by atoms with van der Waals surface area (Å²) >= 11 is 6.22.